The first-order valence-electron chi connectivity index (χ1n) is 11.9. The van der Waals surface area contributed by atoms with E-state index in [0.717, 1.165) is 19.3 Å². The van der Waals surface area contributed by atoms with Gasteiger partial charge in [0.15, 0.2) is 5.05 Å². The smallest absolute Gasteiger partial charge is 0.159 e. The summed E-state index contributed by atoms with van der Waals surface area (Å²) in [5.41, 5.74) is 0. The van der Waals surface area contributed by atoms with Crippen molar-refractivity contribution >= 4 is 17.3 Å². The Morgan fingerprint density at radius 3 is 1.79 bits per heavy atom. The molecule has 0 aromatic heterocycles. The van der Waals surface area contributed by atoms with Crippen LogP contribution in [-0.4, -0.2) is 58.0 Å². The molecule has 0 saturated carbocycles. The minimum Gasteiger partial charge on any atom is -0.484 e. The summed E-state index contributed by atoms with van der Waals surface area (Å²) in [6, 6.07) is 0. The second kappa shape index (κ2) is 17.4. The quantitative estimate of drug-likeness (QED) is 0.229. The van der Waals surface area contributed by atoms with Crippen LogP contribution in [0.1, 0.15) is 103 Å². The lowest BCUT2D eigenvalue weighted by atomic mass is 10.0. The maximum absolute atomic E-state index is 9.87. The maximum atomic E-state index is 9.87. The minimum atomic E-state index is -1.20. The molecule has 0 unspecified atom stereocenters. The zero-order valence-electron chi connectivity index (χ0n) is 18.4. The number of unbranched alkanes of at least 4 members (excludes halogenated alkanes) is 13. The van der Waals surface area contributed by atoms with E-state index >= 15 is 0 Å². The Labute approximate surface area is 183 Å². The number of rotatable bonds is 17. The van der Waals surface area contributed by atoms with Crippen LogP contribution in [0.15, 0.2) is 0 Å². The molecule has 3 N–H and O–H groups in total. The van der Waals surface area contributed by atoms with E-state index in [2.05, 4.69) is 6.92 Å². The topological polar surface area (TPSA) is 79.2 Å². The van der Waals surface area contributed by atoms with Gasteiger partial charge in [-0.2, -0.15) is 0 Å². The van der Waals surface area contributed by atoms with Crippen molar-refractivity contribution in [2.24, 2.45) is 0 Å². The van der Waals surface area contributed by atoms with Gasteiger partial charge in [-0.1, -0.05) is 90.4 Å². The van der Waals surface area contributed by atoms with Crippen LogP contribution in [0.2, 0.25) is 0 Å². The van der Waals surface area contributed by atoms with Gasteiger partial charge in [-0.3, -0.25) is 0 Å². The Morgan fingerprint density at radius 2 is 1.28 bits per heavy atom. The Balaban J connectivity index is 1.86. The van der Waals surface area contributed by atoms with Crippen molar-refractivity contribution in [2.75, 3.05) is 13.2 Å². The third kappa shape index (κ3) is 12.9. The number of hydrogen-bond acceptors (Lipinski definition) is 6. The zero-order valence-corrected chi connectivity index (χ0v) is 19.2. The molecular weight excluding hydrogens is 388 g/mol. The summed E-state index contributed by atoms with van der Waals surface area (Å²) < 4.78 is 10.8. The fourth-order valence-electron chi connectivity index (χ4n) is 3.72. The van der Waals surface area contributed by atoms with Gasteiger partial charge in [-0.05, 0) is 18.6 Å². The maximum Gasteiger partial charge on any atom is 0.159 e. The summed E-state index contributed by atoms with van der Waals surface area (Å²) in [6.45, 7) is 2.38. The molecule has 1 aliphatic rings. The summed E-state index contributed by atoms with van der Waals surface area (Å²) in [6.07, 6.45) is 15.3. The summed E-state index contributed by atoms with van der Waals surface area (Å²) in [5, 5.41) is 29.5. The highest BCUT2D eigenvalue weighted by Crippen LogP contribution is 2.17. The molecule has 1 aliphatic heterocycles. The van der Waals surface area contributed by atoms with Gasteiger partial charge in [0, 0.05) is 6.42 Å². The highest BCUT2D eigenvalue weighted by atomic mass is 32.1. The molecule has 0 bridgehead atoms. The van der Waals surface area contributed by atoms with Crippen LogP contribution in [0.3, 0.4) is 0 Å². The van der Waals surface area contributed by atoms with E-state index in [1.54, 1.807) is 0 Å². The fraction of sp³-hybridized carbons (Fsp3) is 0.957. The van der Waals surface area contributed by atoms with Crippen LogP contribution in [0, 0.1) is 0 Å². The van der Waals surface area contributed by atoms with Crippen LogP contribution >= 0.6 is 12.2 Å². The third-order valence-electron chi connectivity index (χ3n) is 5.75. The zero-order chi connectivity index (χ0) is 21.3. The lowest BCUT2D eigenvalue weighted by molar-refractivity contribution is -0.193. The Hall–Kier alpha value is -0.270. The summed E-state index contributed by atoms with van der Waals surface area (Å²) in [7, 11) is 0. The van der Waals surface area contributed by atoms with Gasteiger partial charge >= 0.3 is 0 Å². The molecule has 5 nitrogen and oxygen atoms in total. The lowest BCUT2D eigenvalue weighted by Crippen LogP contribution is -2.54. The Kier molecular flexibility index (Phi) is 16.1. The van der Waals surface area contributed by atoms with Gasteiger partial charge in [0.1, 0.15) is 31.0 Å². The van der Waals surface area contributed by atoms with Gasteiger partial charge in [0.2, 0.25) is 0 Å². The predicted molar refractivity (Wildman–Crippen MR) is 121 cm³/mol. The van der Waals surface area contributed by atoms with E-state index < -0.39 is 24.4 Å². The van der Waals surface area contributed by atoms with Crippen molar-refractivity contribution in [1.82, 2.24) is 0 Å². The number of thiocarbonyl (C=S) groups is 1. The molecule has 0 radical (unpaired) electrons. The van der Waals surface area contributed by atoms with Gasteiger partial charge in [-0.15, -0.1) is 0 Å². The van der Waals surface area contributed by atoms with Crippen molar-refractivity contribution in [3.8, 4) is 0 Å². The Morgan fingerprint density at radius 1 is 0.793 bits per heavy atom. The first kappa shape index (κ1) is 26.8. The predicted octanol–water partition coefficient (Wildman–Crippen LogP) is 4.68. The fourth-order valence-corrected chi connectivity index (χ4v) is 3.94. The third-order valence-corrected chi connectivity index (χ3v) is 6.07. The van der Waals surface area contributed by atoms with Gasteiger partial charge in [0.05, 0.1) is 6.61 Å². The largest absolute Gasteiger partial charge is 0.484 e. The molecule has 1 rings (SSSR count). The molecule has 1 fully saturated rings. The van der Waals surface area contributed by atoms with Crippen molar-refractivity contribution in [2.45, 2.75) is 128 Å². The van der Waals surface area contributed by atoms with Crippen LogP contribution in [-0.2, 0) is 9.47 Å². The molecule has 6 heteroatoms. The van der Waals surface area contributed by atoms with Crippen LogP contribution in [0.25, 0.3) is 0 Å². The van der Waals surface area contributed by atoms with Gasteiger partial charge < -0.3 is 24.8 Å². The molecule has 1 saturated heterocycles. The first-order valence-corrected chi connectivity index (χ1v) is 12.3. The van der Waals surface area contributed by atoms with Crippen molar-refractivity contribution in [3.05, 3.63) is 0 Å². The molecule has 0 spiro atoms. The number of aliphatic hydroxyl groups excluding tert-OH is 3. The molecule has 0 aromatic carbocycles. The highest BCUT2D eigenvalue weighted by Gasteiger charge is 2.37. The molecule has 0 amide bonds. The average Bonchev–Trinajstić information content (AvgIpc) is 2.71. The van der Waals surface area contributed by atoms with E-state index in [-0.39, 0.29) is 13.2 Å². The monoisotopic (exact) mass is 432 g/mol. The van der Waals surface area contributed by atoms with E-state index in [1.165, 1.54) is 77.0 Å². The summed E-state index contributed by atoms with van der Waals surface area (Å²) >= 11 is 5.24. The minimum absolute atomic E-state index is 0.00201. The van der Waals surface area contributed by atoms with Crippen molar-refractivity contribution < 1.29 is 24.8 Å². The van der Waals surface area contributed by atoms with Crippen LogP contribution in [0.5, 0.6) is 0 Å². The SMILES string of the molecule is CCCCCCCCCCCCCCCCC(=S)OC[C@@H]1OC[C@@H](O)[C@H](O)[C@H]1O. The second-order valence-electron chi connectivity index (χ2n) is 8.45. The highest BCUT2D eigenvalue weighted by molar-refractivity contribution is 7.80. The molecule has 0 aliphatic carbocycles. The van der Waals surface area contributed by atoms with E-state index in [4.69, 9.17) is 21.7 Å². The molecule has 29 heavy (non-hydrogen) atoms. The number of aliphatic hydroxyl groups is 3. The number of ether oxygens (including phenoxy) is 2. The summed E-state index contributed by atoms with van der Waals surface area (Å²) in [4.78, 5) is 0. The number of hydrogen-bond donors (Lipinski definition) is 3. The summed E-state index contributed by atoms with van der Waals surface area (Å²) in [5.74, 6) is 0. The van der Waals surface area contributed by atoms with Gasteiger partial charge in [0.25, 0.3) is 0 Å². The van der Waals surface area contributed by atoms with E-state index in [9.17, 15) is 15.3 Å². The molecule has 172 valence electrons. The second-order valence-corrected chi connectivity index (χ2v) is 8.90. The molecule has 4 atom stereocenters. The van der Waals surface area contributed by atoms with E-state index in [1.807, 2.05) is 0 Å². The van der Waals surface area contributed by atoms with Crippen molar-refractivity contribution in [3.63, 3.8) is 0 Å². The molecule has 1 heterocycles. The normalized spacial score (nSPS) is 24.6. The standard InChI is InChI=1S/C23H44O5S/c1-2-3-4-5-6-7-8-9-10-11-12-13-14-15-16-21(29)28-18-20-23(26)22(25)19(24)17-27-20/h19-20,22-26H,2-18H2,1H3/t19-,20+,22+,23+/m1/s1. The van der Waals surface area contributed by atoms with E-state index in [0.29, 0.717) is 5.05 Å². The Bertz CT molecular complexity index is 407. The first-order chi connectivity index (χ1) is 14.1. The molecular formula is C23H44O5S. The van der Waals surface area contributed by atoms with Crippen LogP contribution < -0.4 is 0 Å². The lowest BCUT2D eigenvalue weighted by Gasteiger charge is -2.34. The van der Waals surface area contributed by atoms with Gasteiger partial charge in [-0.25, -0.2) is 0 Å². The average molecular weight is 433 g/mol. The van der Waals surface area contributed by atoms with Crippen molar-refractivity contribution in [1.29, 1.82) is 0 Å². The van der Waals surface area contributed by atoms with Crippen LogP contribution in [0.4, 0.5) is 0 Å². The molecule has 0 aromatic rings.